The minimum Gasteiger partial charge on any atom is -0.298 e. The number of rotatable bonds is 5. The van der Waals surface area contributed by atoms with Gasteiger partial charge in [0.05, 0.1) is 6.20 Å². The quantitative estimate of drug-likeness (QED) is 0.684. The van der Waals surface area contributed by atoms with E-state index in [1.165, 1.54) is 0 Å². The molecular weight excluding hydrogens is 168 g/mol. The van der Waals surface area contributed by atoms with Gasteiger partial charge in [-0.15, -0.1) is 5.10 Å². The average molecular weight is 184 g/mol. The van der Waals surface area contributed by atoms with Crippen molar-refractivity contribution in [1.29, 1.82) is 0 Å². The summed E-state index contributed by atoms with van der Waals surface area (Å²) in [5.74, 6) is 5.59. The van der Waals surface area contributed by atoms with Crippen molar-refractivity contribution in [3.05, 3.63) is 11.9 Å². The molecule has 0 radical (unpaired) electrons. The van der Waals surface area contributed by atoms with Crippen LogP contribution in [0.1, 0.15) is 26.0 Å². The van der Waals surface area contributed by atoms with Crippen LogP contribution in [-0.4, -0.2) is 15.0 Å². The Morgan fingerprint density at radius 3 is 3.00 bits per heavy atom. The Kier molecular flexibility index (Phi) is 3.85. The first-order valence-electron chi connectivity index (χ1n) is 4.43. The first kappa shape index (κ1) is 10.1. The van der Waals surface area contributed by atoms with Crippen molar-refractivity contribution < 1.29 is 4.84 Å². The molecule has 74 valence electrons. The molecule has 0 spiro atoms. The van der Waals surface area contributed by atoms with Crippen LogP contribution in [-0.2, 0) is 18.0 Å². The molecule has 0 amide bonds. The third-order valence-corrected chi connectivity index (χ3v) is 1.75. The van der Waals surface area contributed by atoms with Crippen molar-refractivity contribution in [2.75, 3.05) is 0 Å². The SMILES string of the molecule is CC(C)CCn1cc(CON)nn1. The van der Waals surface area contributed by atoms with E-state index in [2.05, 4.69) is 29.0 Å². The van der Waals surface area contributed by atoms with E-state index in [0.717, 1.165) is 18.7 Å². The summed E-state index contributed by atoms with van der Waals surface area (Å²) in [5, 5.41) is 7.83. The van der Waals surface area contributed by atoms with Crippen LogP contribution >= 0.6 is 0 Å². The highest BCUT2D eigenvalue weighted by molar-refractivity contribution is 4.89. The number of nitrogens with zero attached hydrogens (tertiary/aromatic N) is 3. The first-order chi connectivity index (χ1) is 6.22. The Balaban J connectivity index is 2.39. The Morgan fingerprint density at radius 2 is 2.38 bits per heavy atom. The van der Waals surface area contributed by atoms with E-state index in [1.54, 1.807) is 0 Å². The standard InChI is InChI=1S/C8H16N4O/c1-7(2)3-4-12-5-8(6-13-9)10-11-12/h5,7H,3-4,6,9H2,1-2H3. The fourth-order valence-corrected chi connectivity index (χ4v) is 0.990. The highest BCUT2D eigenvalue weighted by atomic mass is 16.6. The summed E-state index contributed by atoms with van der Waals surface area (Å²) in [7, 11) is 0. The molecule has 1 aromatic rings. The largest absolute Gasteiger partial charge is 0.298 e. The van der Waals surface area contributed by atoms with Crippen LogP contribution in [0.15, 0.2) is 6.20 Å². The van der Waals surface area contributed by atoms with E-state index in [0.29, 0.717) is 12.5 Å². The predicted molar refractivity (Wildman–Crippen MR) is 48.5 cm³/mol. The van der Waals surface area contributed by atoms with E-state index in [-0.39, 0.29) is 0 Å². The monoisotopic (exact) mass is 184 g/mol. The summed E-state index contributed by atoms with van der Waals surface area (Å²) >= 11 is 0. The zero-order valence-corrected chi connectivity index (χ0v) is 8.10. The molecule has 2 N–H and O–H groups in total. The summed E-state index contributed by atoms with van der Waals surface area (Å²) in [6, 6.07) is 0. The Labute approximate surface area is 77.8 Å². The Hall–Kier alpha value is -0.940. The van der Waals surface area contributed by atoms with Crippen LogP contribution < -0.4 is 5.90 Å². The fourth-order valence-electron chi connectivity index (χ4n) is 0.990. The fraction of sp³-hybridized carbons (Fsp3) is 0.750. The lowest BCUT2D eigenvalue weighted by Crippen LogP contribution is -2.02. The first-order valence-corrected chi connectivity index (χ1v) is 4.43. The molecule has 5 nitrogen and oxygen atoms in total. The lowest BCUT2D eigenvalue weighted by molar-refractivity contribution is 0.121. The van der Waals surface area contributed by atoms with Crippen molar-refractivity contribution in [2.24, 2.45) is 11.8 Å². The summed E-state index contributed by atoms with van der Waals surface area (Å²) < 4.78 is 1.81. The Bertz CT molecular complexity index is 246. The zero-order chi connectivity index (χ0) is 9.68. The third-order valence-electron chi connectivity index (χ3n) is 1.75. The molecule has 0 aliphatic carbocycles. The second-order valence-electron chi connectivity index (χ2n) is 3.47. The number of nitrogens with two attached hydrogens (primary N) is 1. The smallest absolute Gasteiger partial charge is 0.113 e. The Morgan fingerprint density at radius 1 is 1.62 bits per heavy atom. The molecular formula is C8H16N4O. The molecule has 0 unspecified atom stereocenters. The summed E-state index contributed by atoms with van der Waals surface area (Å²) in [4.78, 5) is 4.45. The highest BCUT2D eigenvalue weighted by Crippen LogP contribution is 2.02. The van der Waals surface area contributed by atoms with Crippen molar-refractivity contribution >= 4 is 0 Å². The van der Waals surface area contributed by atoms with Crippen LogP contribution in [0.3, 0.4) is 0 Å². The van der Waals surface area contributed by atoms with Gasteiger partial charge in [-0.1, -0.05) is 19.1 Å². The minimum absolute atomic E-state index is 0.321. The van der Waals surface area contributed by atoms with Gasteiger partial charge in [-0.05, 0) is 12.3 Å². The van der Waals surface area contributed by atoms with Gasteiger partial charge in [-0.3, -0.25) is 9.52 Å². The van der Waals surface area contributed by atoms with Crippen LogP contribution in [0.5, 0.6) is 0 Å². The molecule has 1 heterocycles. The maximum Gasteiger partial charge on any atom is 0.113 e. The average Bonchev–Trinajstić information content (AvgIpc) is 2.50. The summed E-state index contributed by atoms with van der Waals surface area (Å²) in [6.45, 7) is 5.58. The number of aryl methyl sites for hydroxylation is 1. The van der Waals surface area contributed by atoms with Gasteiger partial charge in [0.25, 0.3) is 0 Å². The second kappa shape index (κ2) is 4.94. The third kappa shape index (κ3) is 3.52. The molecule has 13 heavy (non-hydrogen) atoms. The van der Waals surface area contributed by atoms with E-state index in [9.17, 15) is 0 Å². The van der Waals surface area contributed by atoms with Gasteiger partial charge < -0.3 is 0 Å². The molecule has 0 atom stereocenters. The van der Waals surface area contributed by atoms with Gasteiger partial charge in [0, 0.05) is 6.54 Å². The predicted octanol–water partition coefficient (Wildman–Crippen LogP) is 0.714. The van der Waals surface area contributed by atoms with Gasteiger partial charge in [0.15, 0.2) is 0 Å². The molecule has 0 fully saturated rings. The van der Waals surface area contributed by atoms with Gasteiger partial charge in [-0.25, -0.2) is 5.90 Å². The molecule has 0 aliphatic rings. The molecule has 0 aromatic carbocycles. The number of hydrogen-bond acceptors (Lipinski definition) is 4. The topological polar surface area (TPSA) is 66.0 Å². The van der Waals surface area contributed by atoms with E-state index in [1.807, 2.05) is 10.9 Å². The van der Waals surface area contributed by atoms with Crippen LogP contribution in [0, 0.1) is 5.92 Å². The van der Waals surface area contributed by atoms with E-state index < -0.39 is 0 Å². The van der Waals surface area contributed by atoms with Crippen LogP contribution in [0.25, 0.3) is 0 Å². The van der Waals surface area contributed by atoms with Crippen molar-refractivity contribution in [3.8, 4) is 0 Å². The lowest BCUT2D eigenvalue weighted by Gasteiger charge is -2.02. The summed E-state index contributed by atoms with van der Waals surface area (Å²) in [5.41, 5.74) is 0.770. The molecule has 0 saturated heterocycles. The van der Waals surface area contributed by atoms with Crippen molar-refractivity contribution in [3.63, 3.8) is 0 Å². The van der Waals surface area contributed by atoms with Gasteiger partial charge in [0.1, 0.15) is 12.3 Å². The minimum atomic E-state index is 0.321. The van der Waals surface area contributed by atoms with Gasteiger partial charge in [0.2, 0.25) is 0 Å². The van der Waals surface area contributed by atoms with Crippen LogP contribution in [0.2, 0.25) is 0 Å². The number of aromatic nitrogens is 3. The molecule has 0 bridgehead atoms. The maximum absolute atomic E-state index is 4.91. The maximum atomic E-state index is 4.91. The lowest BCUT2D eigenvalue weighted by atomic mass is 10.1. The van der Waals surface area contributed by atoms with E-state index >= 15 is 0 Å². The van der Waals surface area contributed by atoms with Gasteiger partial charge in [-0.2, -0.15) is 0 Å². The second-order valence-corrected chi connectivity index (χ2v) is 3.47. The molecule has 1 rings (SSSR count). The van der Waals surface area contributed by atoms with E-state index in [4.69, 9.17) is 5.90 Å². The molecule has 0 aliphatic heterocycles. The molecule has 1 aromatic heterocycles. The van der Waals surface area contributed by atoms with Crippen molar-refractivity contribution in [2.45, 2.75) is 33.4 Å². The van der Waals surface area contributed by atoms with Gasteiger partial charge >= 0.3 is 0 Å². The summed E-state index contributed by atoms with van der Waals surface area (Å²) in [6.07, 6.45) is 2.96. The molecule has 5 heteroatoms. The number of hydrogen-bond donors (Lipinski definition) is 1. The van der Waals surface area contributed by atoms with Crippen molar-refractivity contribution in [1.82, 2.24) is 15.0 Å². The highest BCUT2D eigenvalue weighted by Gasteiger charge is 2.00. The van der Waals surface area contributed by atoms with Crippen LogP contribution in [0.4, 0.5) is 0 Å². The zero-order valence-electron chi connectivity index (χ0n) is 8.10. The molecule has 0 saturated carbocycles. The normalized spacial score (nSPS) is 11.1.